The van der Waals surface area contributed by atoms with Crippen molar-refractivity contribution in [3.05, 3.63) is 0 Å². The second-order valence-corrected chi connectivity index (χ2v) is 4.97. The number of nitrogens with one attached hydrogen (secondary N) is 1. The number of urea groups is 1. The molecule has 0 aromatic rings. The van der Waals surface area contributed by atoms with Gasteiger partial charge in [0.2, 0.25) is 0 Å². The Hall–Kier alpha value is -1.34. The zero-order valence-corrected chi connectivity index (χ0v) is 10.7. The van der Waals surface area contributed by atoms with Gasteiger partial charge in [-0.2, -0.15) is 0 Å². The van der Waals surface area contributed by atoms with Crippen LogP contribution in [-0.4, -0.2) is 66.1 Å². The maximum Gasteiger partial charge on any atom is 0.317 e. The van der Waals surface area contributed by atoms with E-state index in [9.17, 15) is 9.59 Å². The fraction of sp³-hybridized carbons (Fsp3) is 0.818. The lowest BCUT2D eigenvalue weighted by Crippen LogP contribution is -2.52. The summed E-state index contributed by atoms with van der Waals surface area (Å²) in [5.41, 5.74) is -1.00. The van der Waals surface area contributed by atoms with Crippen molar-refractivity contribution >= 4 is 12.0 Å². The molecule has 1 rings (SSSR count). The molecule has 1 atom stereocenters. The number of carboxylic acids is 1. The van der Waals surface area contributed by atoms with Crippen molar-refractivity contribution < 1.29 is 24.5 Å². The summed E-state index contributed by atoms with van der Waals surface area (Å²) in [5, 5.41) is 20.5. The minimum atomic E-state index is -1.00. The SMILES string of the molecule is CC(C)(CNC(=O)N1CCOC(CO)C1)C(=O)O. The second-order valence-electron chi connectivity index (χ2n) is 4.97. The van der Waals surface area contributed by atoms with Crippen molar-refractivity contribution in [3.63, 3.8) is 0 Å². The van der Waals surface area contributed by atoms with Gasteiger partial charge in [-0.05, 0) is 13.8 Å². The van der Waals surface area contributed by atoms with Crippen molar-refractivity contribution in [2.24, 2.45) is 5.41 Å². The standard InChI is InChI=1S/C11H20N2O5/c1-11(2,9(15)16)7-12-10(17)13-3-4-18-8(5-13)6-14/h8,14H,3-7H2,1-2H3,(H,12,17)(H,15,16). The van der Waals surface area contributed by atoms with E-state index in [0.717, 1.165) is 0 Å². The van der Waals surface area contributed by atoms with Crippen LogP contribution in [0.25, 0.3) is 0 Å². The molecule has 1 heterocycles. The first-order valence-corrected chi connectivity index (χ1v) is 5.85. The molecule has 1 aliphatic heterocycles. The predicted octanol–water partition coefficient (Wildman–Crippen LogP) is -0.500. The van der Waals surface area contributed by atoms with Gasteiger partial charge in [0.15, 0.2) is 0 Å². The molecule has 1 saturated heterocycles. The zero-order chi connectivity index (χ0) is 13.8. The fourth-order valence-corrected chi connectivity index (χ4v) is 1.50. The maximum atomic E-state index is 11.8. The number of morpholine rings is 1. The lowest BCUT2D eigenvalue weighted by molar-refractivity contribution is -0.146. The molecule has 7 heteroatoms. The molecule has 3 N–H and O–H groups in total. The third-order valence-corrected chi connectivity index (χ3v) is 2.89. The molecule has 0 radical (unpaired) electrons. The first kappa shape index (κ1) is 14.7. The third-order valence-electron chi connectivity index (χ3n) is 2.89. The minimum Gasteiger partial charge on any atom is -0.481 e. The van der Waals surface area contributed by atoms with Gasteiger partial charge in [0, 0.05) is 13.1 Å². The van der Waals surface area contributed by atoms with Crippen LogP contribution in [0.5, 0.6) is 0 Å². The van der Waals surface area contributed by atoms with Crippen LogP contribution in [0.4, 0.5) is 4.79 Å². The van der Waals surface area contributed by atoms with Gasteiger partial charge in [-0.3, -0.25) is 4.79 Å². The van der Waals surface area contributed by atoms with E-state index in [4.69, 9.17) is 14.9 Å². The second kappa shape index (κ2) is 6.01. The average Bonchev–Trinajstić information content (AvgIpc) is 2.36. The van der Waals surface area contributed by atoms with Crippen LogP contribution in [0.2, 0.25) is 0 Å². The van der Waals surface area contributed by atoms with Crippen molar-refractivity contribution in [2.75, 3.05) is 32.8 Å². The number of hydrogen-bond donors (Lipinski definition) is 3. The van der Waals surface area contributed by atoms with Crippen LogP contribution >= 0.6 is 0 Å². The molecule has 1 fully saturated rings. The highest BCUT2D eigenvalue weighted by atomic mass is 16.5. The van der Waals surface area contributed by atoms with Gasteiger partial charge in [0.1, 0.15) is 0 Å². The minimum absolute atomic E-state index is 0.0579. The molecule has 1 aliphatic rings. The quantitative estimate of drug-likeness (QED) is 0.633. The van der Waals surface area contributed by atoms with Gasteiger partial charge in [0.25, 0.3) is 0 Å². The van der Waals surface area contributed by atoms with Crippen molar-refractivity contribution in [1.29, 1.82) is 0 Å². The summed E-state index contributed by atoms with van der Waals surface area (Å²) in [6.07, 6.45) is -0.364. The molecule has 1 unspecified atom stereocenters. The zero-order valence-electron chi connectivity index (χ0n) is 10.7. The first-order chi connectivity index (χ1) is 8.36. The number of carboxylic acid groups (broad SMARTS) is 1. The van der Waals surface area contributed by atoms with E-state index in [0.29, 0.717) is 19.7 Å². The number of hydrogen-bond acceptors (Lipinski definition) is 4. The molecule has 0 bridgehead atoms. The normalized spacial score (nSPS) is 20.6. The monoisotopic (exact) mass is 260 g/mol. The number of carbonyl (C=O) groups excluding carboxylic acids is 1. The van der Waals surface area contributed by atoms with Crippen LogP contribution in [0.3, 0.4) is 0 Å². The van der Waals surface area contributed by atoms with E-state index in [2.05, 4.69) is 5.32 Å². The molecule has 7 nitrogen and oxygen atoms in total. The first-order valence-electron chi connectivity index (χ1n) is 5.85. The van der Waals surface area contributed by atoms with Crippen LogP contribution < -0.4 is 5.32 Å². The summed E-state index contributed by atoms with van der Waals surface area (Å²) in [5.74, 6) is -0.960. The average molecular weight is 260 g/mol. The third kappa shape index (κ3) is 3.85. The largest absolute Gasteiger partial charge is 0.481 e. The summed E-state index contributed by atoms with van der Waals surface area (Å²) in [6, 6.07) is -0.328. The Kier molecular flexibility index (Phi) is 4.92. The molecule has 0 aliphatic carbocycles. The number of amides is 2. The Balaban J connectivity index is 2.43. The van der Waals surface area contributed by atoms with Crippen molar-refractivity contribution in [3.8, 4) is 0 Å². The molecule has 0 saturated carbocycles. The van der Waals surface area contributed by atoms with Gasteiger partial charge < -0.3 is 25.2 Å². The number of aliphatic hydroxyl groups is 1. The lowest BCUT2D eigenvalue weighted by Gasteiger charge is -2.32. The van der Waals surface area contributed by atoms with Crippen LogP contribution in [-0.2, 0) is 9.53 Å². The summed E-state index contributed by atoms with van der Waals surface area (Å²) in [6.45, 7) is 4.15. The Morgan fingerprint density at radius 3 is 2.72 bits per heavy atom. The summed E-state index contributed by atoms with van der Waals surface area (Å²) >= 11 is 0. The van der Waals surface area contributed by atoms with Gasteiger partial charge in [-0.25, -0.2) is 4.79 Å². The van der Waals surface area contributed by atoms with E-state index >= 15 is 0 Å². The van der Waals surface area contributed by atoms with Gasteiger partial charge in [0.05, 0.1) is 31.3 Å². The number of nitrogens with zero attached hydrogens (tertiary/aromatic N) is 1. The van der Waals surface area contributed by atoms with Gasteiger partial charge in [-0.1, -0.05) is 0 Å². The van der Waals surface area contributed by atoms with E-state index in [1.807, 2.05) is 0 Å². The number of aliphatic hydroxyl groups excluding tert-OH is 1. The summed E-state index contributed by atoms with van der Waals surface area (Å²) in [7, 11) is 0. The lowest BCUT2D eigenvalue weighted by atomic mass is 9.94. The number of aliphatic carboxylic acids is 1. The smallest absolute Gasteiger partial charge is 0.317 e. The van der Waals surface area contributed by atoms with Gasteiger partial charge >= 0.3 is 12.0 Å². The van der Waals surface area contributed by atoms with E-state index < -0.39 is 11.4 Å². The molecular formula is C11H20N2O5. The molecule has 2 amide bonds. The molecule has 18 heavy (non-hydrogen) atoms. The fourth-order valence-electron chi connectivity index (χ4n) is 1.50. The summed E-state index contributed by atoms with van der Waals surface area (Å²) < 4.78 is 5.23. The molecule has 104 valence electrons. The Labute approximate surface area is 106 Å². The highest BCUT2D eigenvalue weighted by Gasteiger charge is 2.29. The number of ether oxygens (including phenoxy) is 1. The van der Waals surface area contributed by atoms with Crippen LogP contribution in [0, 0.1) is 5.41 Å². The molecule has 0 aromatic carbocycles. The highest BCUT2D eigenvalue weighted by Crippen LogP contribution is 2.13. The van der Waals surface area contributed by atoms with Crippen molar-refractivity contribution in [1.82, 2.24) is 10.2 Å². The highest BCUT2D eigenvalue weighted by molar-refractivity contribution is 5.77. The Morgan fingerprint density at radius 2 is 2.17 bits per heavy atom. The molecular weight excluding hydrogens is 240 g/mol. The van der Waals surface area contributed by atoms with Gasteiger partial charge in [-0.15, -0.1) is 0 Å². The Bertz CT molecular complexity index is 319. The number of rotatable bonds is 4. The van der Waals surface area contributed by atoms with E-state index in [1.54, 1.807) is 13.8 Å². The predicted molar refractivity (Wildman–Crippen MR) is 63.2 cm³/mol. The maximum absolute atomic E-state index is 11.8. The van der Waals surface area contributed by atoms with Crippen molar-refractivity contribution in [2.45, 2.75) is 20.0 Å². The molecule has 0 aromatic heterocycles. The van der Waals surface area contributed by atoms with Crippen LogP contribution in [0.15, 0.2) is 0 Å². The van der Waals surface area contributed by atoms with Crippen LogP contribution in [0.1, 0.15) is 13.8 Å². The summed E-state index contributed by atoms with van der Waals surface area (Å²) in [4.78, 5) is 24.2. The van der Waals surface area contributed by atoms with E-state index in [-0.39, 0.29) is 25.3 Å². The topological polar surface area (TPSA) is 99.1 Å². The number of carbonyl (C=O) groups is 2. The molecule has 0 spiro atoms. The van der Waals surface area contributed by atoms with E-state index in [1.165, 1.54) is 4.90 Å². The Morgan fingerprint density at radius 1 is 1.50 bits per heavy atom.